The molecule has 0 aromatic carbocycles. The van der Waals surface area contributed by atoms with Crippen molar-refractivity contribution < 1.29 is 24.5 Å². The Morgan fingerprint density at radius 1 is 0.469 bits per heavy atom. The molecule has 0 aromatic heterocycles. The Morgan fingerprint density at radius 3 is 1.10 bits per heavy atom. The third kappa shape index (κ3) is 26.9. The number of aliphatic carboxylic acids is 1. The van der Waals surface area contributed by atoms with Crippen LogP contribution in [-0.4, -0.2) is 22.6 Å². The predicted molar refractivity (Wildman–Crippen MR) is 208 cm³/mol. The normalized spacial score (nSPS) is 14.7. The fourth-order valence-electron chi connectivity index (χ4n) is 6.88. The van der Waals surface area contributed by atoms with E-state index in [4.69, 9.17) is 9.78 Å². The van der Waals surface area contributed by atoms with Crippen LogP contribution in [0.25, 0.3) is 0 Å². The van der Waals surface area contributed by atoms with Crippen LogP contribution in [-0.2, 0) is 19.4 Å². The van der Waals surface area contributed by atoms with Crippen LogP contribution in [0.3, 0.4) is 0 Å². The van der Waals surface area contributed by atoms with Crippen LogP contribution in [0.15, 0.2) is 24.3 Å². The minimum Gasteiger partial charge on any atom is -0.481 e. The molecule has 1 N–H and O–H groups in total. The fourth-order valence-corrected chi connectivity index (χ4v) is 6.88. The lowest BCUT2D eigenvalue weighted by molar-refractivity contribution is -0.148. The van der Waals surface area contributed by atoms with Crippen molar-refractivity contribution >= 4 is 11.8 Å². The van der Waals surface area contributed by atoms with Crippen LogP contribution in [0, 0.1) is 5.92 Å². The molecule has 1 heterocycles. The van der Waals surface area contributed by atoms with Crippen molar-refractivity contribution in [2.75, 3.05) is 0 Å². The highest BCUT2D eigenvalue weighted by atomic mass is 17.4. The molecule has 1 unspecified atom stereocenters. The van der Waals surface area contributed by atoms with Crippen LogP contribution in [0.1, 0.15) is 232 Å². The molecule has 1 aliphatic heterocycles. The van der Waals surface area contributed by atoms with Gasteiger partial charge in [0.25, 0.3) is 5.79 Å². The average molecular weight is 689 g/mol. The maximum absolute atomic E-state index is 13.1. The summed E-state index contributed by atoms with van der Waals surface area (Å²) in [5.74, 6) is -3.75. The molecular formula is C44H80O5. The molecular weight excluding hydrogens is 608 g/mol. The molecule has 0 saturated carbocycles. The third-order valence-electron chi connectivity index (χ3n) is 10.3. The van der Waals surface area contributed by atoms with Gasteiger partial charge in [0.15, 0.2) is 0 Å². The second-order valence-electron chi connectivity index (χ2n) is 15.0. The molecule has 1 fully saturated rings. The highest BCUT2D eigenvalue weighted by molar-refractivity contribution is 6.02. The van der Waals surface area contributed by atoms with E-state index in [2.05, 4.69) is 38.2 Å². The standard InChI is InChI=1S/C44H80O5/c1-3-5-7-9-11-13-15-17-19-21-23-25-27-29-31-33-35-37-39-41(43(46)47)42(45)44(48-49-44)40-38-36-34-32-30-28-26-24-22-20-18-16-14-12-10-8-6-4-2/h17-20,41H,3-16,21-40H2,1-2H3,(H,46,47)/b19-17-,20-18-. The molecule has 1 rings (SSSR count). The number of allylic oxidation sites excluding steroid dienone is 4. The summed E-state index contributed by atoms with van der Waals surface area (Å²) >= 11 is 0. The maximum Gasteiger partial charge on any atom is 0.314 e. The minimum absolute atomic E-state index is 0.378. The van der Waals surface area contributed by atoms with Gasteiger partial charge >= 0.3 is 5.97 Å². The number of hydrogen-bond acceptors (Lipinski definition) is 4. The summed E-state index contributed by atoms with van der Waals surface area (Å²) in [6.45, 7) is 4.54. The molecule has 0 aromatic rings. The average Bonchev–Trinajstić information content (AvgIpc) is 3.89. The summed E-state index contributed by atoms with van der Waals surface area (Å²) in [4.78, 5) is 35.3. The zero-order valence-corrected chi connectivity index (χ0v) is 32.5. The SMILES string of the molecule is CCCCCCCC/C=C\CCCCCCCCCCC(C(=O)O)C(=O)C1(CCCCCCCCCC/C=C\CCCCCCCC)OO1. The van der Waals surface area contributed by atoms with E-state index in [1.807, 2.05) is 0 Å². The van der Waals surface area contributed by atoms with Crippen LogP contribution in [0.2, 0.25) is 0 Å². The first-order chi connectivity index (χ1) is 24.1. The van der Waals surface area contributed by atoms with Gasteiger partial charge in [-0.1, -0.05) is 186 Å². The Morgan fingerprint density at radius 2 is 0.776 bits per heavy atom. The summed E-state index contributed by atoms with van der Waals surface area (Å²) in [6, 6.07) is 0. The zero-order chi connectivity index (χ0) is 35.5. The van der Waals surface area contributed by atoms with Crippen molar-refractivity contribution in [3.8, 4) is 0 Å². The third-order valence-corrected chi connectivity index (χ3v) is 10.3. The van der Waals surface area contributed by atoms with Gasteiger partial charge < -0.3 is 5.11 Å². The summed E-state index contributed by atoms with van der Waals surface area (Å²) in [5, 5.41) is 9.77. The number of carbonyl (C=O) groups is 2. The second kappa shape index (κ2) is 33.7. The van der Waals surface area contributed by atoms with E-state index in [0.717, 1.165) is 38.5 Å². The van der Waals surface area contributed by atoms with Gasteiger partial charge in [-0.05, 0) is 64.2 Å². The summed E-state index contributed by atoms with van der Waals surface area (Å²) in [7, 11) is 0. The van der Waals surface area contributed by atoms with Crippen molar-refractivity contribution in [2.45, 2.75) is 238 Å². The first-order valence-electron chi connectivity index (χ1n) is 21.5. The molecule has 49 heavy (non-hydrogen) atoms. The second-order valence-corrected chi connectivity index (χ2v) is 15.0. The molecule has 0 bridgehead atoms. The van der Waals surface area contributed by atoms with Gasteiger partial charge in [-0.3, -0.25) is 9.59 Å². The molecule has 5 nitrogen and oxygen atoms in total. The Balaban J connectivity index is 1.98. The number of carbonyl (C=O) groups excluding carboxylic acids is 1. The van der Waals surface area contributed by atoms with Gasteiger partial charge in [0.2, 0.25) is 5.78 Å². The van der Waals surface area contributed by atoms with Gasteiger partial charge in [-0.2, -0.15) is 9.78 Å². The van der Waals surface area contributed by atoms with Gasteiger partial charge in [0.05, 0.1) is 0 Å². The minimum atomic E-state index is -1.30. The van der Waals surface area contributed by atoms with Gasteiger partial charge in [-0.25, -0.2) is 0 Å². The molecule has 0 spiro atoms. The van der Waals surface area contributed by atoms with E-state index in [9.17, 15) is 14.7 Å². The molecule has 1 saturated heterocycles. The Kier molecular flexibility index (Phi) is 31.3. The lowest BCUT2D eigenvalue weighted by Crippen LogP contribution is -2.35. The number of hydrogen-bond donors (Lipinski definition) is 1. The Labute approximate surface area is 303 Å². The predicted octanol–water partition coefficient (Wildman–Crippen LogP) is 14.3. The van der Waals surface area contributed by atoms with Gasteiger partial charge in [-0.15, -0.1) is 0 Å². The molecule has 0 amide bonds. The van der Waals surface area contributed by atoms with Crippen molar-refractivity contribution in [1.82, 2.24) is 0 Å². The molecule has 1 atom stereocenters. The van der Waals surface area contributed by atoms with Crippen LogP contribution in [0.4, 0.5) is 0 Å². The number of carboxylic acid groups (broad SMARTS) is 1. The Hall–Kier alpha value is -1.46. The summed E-state index contributed by atoms with van der Waals surface area (Å²) in [6.07, 6.45) is 50.1. The molecule has 1 aliphatic rings. The topological polar surface area (TPSA) is 79.4 Å². The quantitative estimate of drug-likeness (QED) is 0.0229. The number of ketones is 1. The monoisotopic (exact) mass is 689 g/mol. The summed E-state index contributed by atoms with van der Waals surface area (Å²) < 4.78 is 0. The van der Waals surface area contributed by atoms with E-state index in [1.54, 1.807) is 0 Å². The van der Waals surface area contributed by atoms with Crippen molar-refractivity contribution in [2.24, 2.45) is 5.92 Å². The molecule has 5 heteroatoms. The highest BCUT2D eigenvalue weighted by Gasteiger charge is 2.58. The van der Waals surface area contributed by atoms with E-state index >= 15 is 0 Å². The first kappa shape index (κ1) is 45.6. The van der Waals surface area contributed by atoms with E-state index in [-0.39, 0.29) is 5.78 Å². The molecule has 0 aliphatic carbocycles. The van der Waals surface area contributed by atoms with Crippen molar-refractivity contribution in [1.29, 1.82) is 0 Å². The molecule has 0 radical (unpaired) electrons. The van der Waals surface area contributed by atoms with E-state index in [0.29, 0.717) is 12.8 Å². The zero-order valence-electron chi connectivity index (χ0n) is 32.5. The molecule has 286 valence electrons. The fraction of sp³-hybridized carbons (Fsp3) is 0.864. The van der Waals surface area contributed by atoms with Crippen LogP contribution >= 0.6 is 0 Å². The Bertz CT molecular complexity index is 814. The van der Waals surface area contributed by atoms with E-state index < -0.39 is 17.7 Å². The van der Waals surface area contributed by atoms with Crippen molar-refractivity contribution in [3.63, 3.8) is 0 Å². The van der Waals surface area contributed by atoms with Gasteiger partial charge in [0.1, 0.15) is 5.92 Å². The summed E-state index contributed by atoms with van der Waals surface area (Å²) in [5.41, 5.74) is 0. The number of Topliss-reactive ketones (excluding diaryl/α,β-unsaturated/α-hetero) is 1. The number of rotatable bonds is 39. The first-order valence-corrected chi connectivity index (χ1v) is 21.5. The maximum atomic E-state index is 13.1. The lowest BCUT2D eigenvalue weighted by atomic mass is 9.89. The van der Waals surface area contributed by atoms with E-state index in [1.165, 1.54) is 167 Å². The largest absolute Gasteiger partial charge is 0.481 e. The van der Waals surface area contributed by atoms with Gasteiger partial charge in [0, 0.05) is 6.42 Å². The highest BCUT2D eigenvalue weighted by Crippen LogP contribution is 2.39. The number of unbranched alkanes of at least 4 members (excludes halogenated alkanes) is 28. The van der Waals surface area contributed by atoms with Crippen molar-refractivity contribution in [3.05, 3.63) is 24.3 Å². The number of carboxylic acids is 1. The smallest absolute Gasteiger partial charge is 0.314 e. The van der Waals surface area contributed by atoms with Crippen LogP contribution in [0.5, 0.6) is 0 Å². The lowest BCUT2D eigenvalue weighted by Gasteiger charge is -2.14. The van der Waals surface area contributed by atoms with Crippen LogP contribution < -0.4 is 0 Å².